The lowest BCUT2D eigenvalue weighted by atomic mass is 9.75. The van der Waals surface area contributed by atoms with Crippen molar-refractivity contribution in [1.82, 2.24) is 9.88 Å². The second-order valence-corrected chi connectivity index (χ2v) is 7.90. The summed E-state index contributed by atoms with van der Waals surface area (Å²) in [7, 11) is 0. The molecule has 2 aliphatic rings. The van der Waals surface area contributed by atoms with Gasteiger partial charge in [-0.2, -0.15) is 0 Å². The van der Waals surface area contributed by atoms with Crippen molar-refractivity contribution in [2.24, 2.45) is 0 Å². The number of hydrogen-bond donors (Lipinski definition) is 1. The van der Waals surface area contributed by atoms with Crippen LogP contribution >= 0.6 is 12.4 Å². The topological polar surface area (TPSA) is 71.9 Å². The fourth-order valence-electron chi connectivity index (χ4n) is 4.22. The third-order valence-electron chi connectivity index (χ3n) is 5.97. The number of hydrogen-bond acceptors (Lipinski definition) is 5. The molecule has 2 aliphatic heterocycles. The van der Waals surface area contributed by atoms with Crippen LogP contribution in [0.5, 0.6) is 17.4 Å². The number of aromatic nitrogens is 1. The van der Waals surface area contributed by atoms with Gasteiger partial charge in [0.05, 0.1) is 19.2 Å². The maximum Gasteiger partial charge on any atom is 0.304 e. The fraction of sp³-hybridized carbons (Fsp3) is 0.455. The molecule has 1 spiro atoms. The first-order chi connectivity index (χ1) is 13.5. The first-order valence-electron chi connectivity index (χ1n) is 9.78. The van der Waals surface area contributed by atoms with E-state index in [2.05, 4.69) is 16.0 Å². The molecule has 0 atom stereocenters. The molecule has 1 aromatic carbocycles. The Kier molecular flexibility index (Phi) is 6.34. The Morgan fingerprint density at radius 2 is 1.97 bits per heavy atom. The highest BCUT2D eigenvalue weighted by atomic mass is 35.5. The minimum atomic E-state index is -0.743. The van der Waals surface area contributed by atoms with Gasteiger partial charge in [0.25, 0.3) is 0 Å². The van der Waals surface area contributed by atoms with Crippen molar-refractivity contribution in [1.29, 1.82) is 0 Å². The van der Waals surface area contributed by atoms with Gasteiger partial charge in [0.15, 0.2) is 0 Å². The summed E-state index contributed by atoms with van der Waals surface area (Å²) >= 11 is 0. The Bertz CT molecular complexity index is 874. The van der Waals surface area contributed by atoms with Crippen molar-refractivity contribution < 1.29 is 19.4 Å². The van der Waals surface area contributed by atoms with Gasteiger partial charge in [-0.15, -0.1) is 12.4 Å². The van der Waals surface area contributed by atoms with Gasteiger partial charge in [0, 0.05) is 17.5 Å². The number of aliphatic carboxylic acids is 1. The lowest BCUT2D eigenvalue weighted by molar-refractivity contribution is -0.137. The summed E-state index contributed by atoms with van der Waals surface area (Å²) in [5.74, 6) is 1.57. The van der Waals surface area contributed by atoms with E-state index in [1.165, 1.54) is 0 Å². The number of fused-ring (bicyclic) bond motifs is 2. The number of ether oxygens (including phenoxy) is 2. The van der Waals surface area contributed by atoms with Crippen LogP contribution in [0.1, 0.15) is 36.0 Å². The summed E-state index contributed by atoms with van der Waals surface area (Å²) in [6.45, 7) is 7.07. The molecule has 1 aromatic heterocycles. The normalized spacial score (nSPS) is 17.3. The van der Waals surface area contributed by atoms with E-state index in [4.69, 9.17) is 14.6 Å². The van der Waals surface area contributed by atoms with Crippen LogP contribution in [0.3, 0.4) is 0 Å². The van der Waals surface area contributed by atoms with Crippen molar-refractivity contribution in [3.05, 3.63) is 47.2 Å². The van der Waals surface area contributed by atoms with Crippen molar-refractivity contribution in [3.63, 3.8) is 0 Å². The quantitative estimate of drug-likeness (QED) is 0.787. The van der Waals surface area contributed by atoms with Crippen LogP contribution < -0.4 is 9.47 Å². The Hall–Kier alpha value is -2.31. The zero-order valence-electron chi connectivity index (χ0n) is 16.8. The average molecular weight is 419 g/mol. The van der Waals surface area contributed by atoms with Crippen LogP contribution in [0.4, 0.5) is 0 Å². The van der Waals surface area contributed by atoms with E-state index < -0.39 is 5.97 Å². The van der Waals surface area contributed by atoms with Gasteiger partial charge in [0.2, 0.25) is 5.88 Å². The maximum absolute atomic E-state index is 10.8. The molecule has 1 saturated heterocycles. The van der Waals surface area contributed by atoms with Crippen LogP contribution in [0, 0.1) is 13.8 Å². The van der Waals surface area contributed by atoms with Crippen molar-refractivity contribution in [2.75, 3.05) is 26.2 Å². The predicted octanol–water partition coefficient (Wildman–Crippen LogP) is 4.11. The monoisotopic (exact) mass is 418 g/mol. The summed E-state index contributed by atoms with van der Waals surface area (Å²) in [6.07, 6.45) is 3.80. The molecule has 0 saturated carbocycles. The minimum Gasteiger partial charge on any atom is -0.481 e. The highest BCUT2D eigenvalue weighted by Crippen LogP contribution is 2.46. The number of likely N-dealkylation sites (tertiary alicyclic amines) is 1. The summed E-state index contributed by atoms with van der Waals surface area (Å²) in [5.41, 5.74) is 3.26. The number of piperidine rings is 1. The van der Waals surface area contributed by atoms with E-state index >= 15 is 0 Å². The second kappa shape index (κ2) is 8.59. The largest absolute Gasteiger partial charge is 0.481 e. The number of aryl methyl sites for hydroxylation is 2. The van der Waals surface area contributed by atoms with E-state index in [-0.39, 0.29) is 24.2 Å². The Morgan fingerprint density at radius 3 is 2.62 bits per heavy atom. The third kappa shape index (κ3) is 4.33. The van der Waals surface area contributed by atoms with E-state index in [1.54, 1.807) is 6.20 Å². The summed E-state index contributed by atoms with van der Waals surface area (Å²) in [5, 5.41) is 8.90. The maximum atomic E-state index is 10.8. The average Bonchev–Trinajstić information content (AvgIpc) is 3.02. The van der Waals surface area contributed by atoms with Crippen LogP contribution in [0.2, 0.25) is 0 Å². The van der Waals surface area contributed by atoms with Gasteiger partial charge in [-0.3, -0.25) is 4.79 Å². The highest BCUT2D eigenvalue weighted by Gasteiger charge is 2.44. The SMILES string of the molecule is Cc1cccc(C)c1Oc1cnc2c(c1)C1(CCN(CCC(=O)O)CC1)CO2.Cl. The molecule has 1 fully saturated rings. The molecule has 7 heteroatoms. The molecule has 156 valence electrons. The number of halogens is 1. The summed E-state index contributed by atoms with van der Waals surface area (Å²) in [6, 6.07) is 8.19. The molecule has 6 nitrogen and oxygen atoms in total. The molecule has 3 heterocycles. The van der Waals surface area contributed by atoms with Crippen molar-refractivity contribution >= 4 is 18.4 Å². The molecule has 4 rings (SSSR count). The molecule has 0 amide bonds. The number of carbonyl (C=O) groups is 1. The lowest BCUT2D eigenvalue weighted by Crippen LogP contribution is -2.44. The number of nitrogens with zero attached hydrogens (tertiary/aromatic N) is 2. The highest BCUT2D eigenvalue weighted by molar-refractivity contribution is 5.85. The van der Waals surface area contributed by atoms with Crippen LogP contribution in [0.25, 0.3) is 0 Å². The molecular weight excluding hydrogens is 392 g/mol. The molecule has 2 aromatic rings. The molecule has 29 heavy (non-hydrogen) atoms. The first-order valence-corrected chi connectivity index (χ1v) is 9.78. The molecule has 0 unspecified atom stereocenters. The molecule has 0 aliphatic carbocycles. The lowest BCUT2D eigenvalue weighted by Gasteiger charge is -2.38. The molecule has 0 radical (unpaired) electrons. The summed E-state index contributed by atoms with van der Waals surface area (Å²) in [4.78, 5) is 17.6. The molecule has 1 N–H and O–H groups in total. The number of carboxylic acids is 1. The number of pyridine rings is 1. The zero-order valence-corrected chi connectivity index (χ0v) is 17.6. The summed E-state index contributed by atoms with van der Waals surface area (Å²) < 4.78 is 12.1. The first kappa shape index (κ1) is 21.4. The van der Waals surface area contributed by atoms with E-state index in [1.807, 2.05) is 32.0 Å². The van der Waals surface area contributed by atoms with Gasteiger partial charge < -0.3 is 19.5 Å². The molecule has 0 bridgehead atoms. The molecular formula is C22H27ClN2O4. The van der Waals surface area contributed by atoms with Crippen LogP contribution in [-0.4, -0.2) is 47.2 Å². The smallest absolute Gasteiger partial charge is 0.304 e. The number of para-hydroxylation sites is 1. The van der Waals surface area contributed by atoms with Gasteiger partial charge in [0.1, 0.15) is 11.5 Å². The Labute approximate surface area is 177 Å². The van der Waals surface area contributed by atoms with Gasteiger partial charge >= 0.3 is 5.97 Å². The predicted molar refractivity (Wildman–Crippen MR) is 113 cm³/mol. The standard InChI is InChI=1S/C22H26N2O4.ClH/c1-15-4-3-5-16(2)20(15)28-17-12-18-21(23-13-17)27-14-22(18)7-10-24(11-8-22)9-6-19(25)26;/h3-5,12-13H,6-11,14H2,1-2H3,(H,25,26);1H. The van der Waals surface area contributed by atoms with Gasteiger partial charge in [-0.05, 0) is 57.0 Å². The Balaban J connectivity index is 0.00000240. The van der Waals surface area contributed by atoms with E-state index in [0.29, 0.717) is 19.0 Å². The second-order valence-electron chi connectivity index (χ2n) is 7.90. The van der Waals surface area contributed by atoms with Crippen molar-refractivity contribution in [3.8, 4) is 17.4 Å². The van der Waals surface area contributed by atoms with Gasteiger partial charge in [-0.1, -0.05) is 18.2 Å². The fourth-order valence-corrected chi connectivity index (χ4v) is 4.22. The van der Waals surface area contributed by atoms with Crippen LogP contribution in [0.15, 0.2) is 30.5 Å². The third-order valence-corrected chi connectivity index (χ3v) is 5.97. The van der Waals surface area contributed by atoms with Gasteiger partial charge in [-0.25, -0.2) is 4.98 Å². The van der Waals surface area contributed by atoms with Crippen LogP contribution in [-0.2, 0) is 10.2 Å². The van der Waals surface area contributed by atoms with Crippen molar-refractivity contribution in [2.45, 2.75) is 38.5 Å². The minimum absolute atomic E-state index is 0. The number of carboxylic acid groups (broad SMARTS) is 1. The number of benzene rings is 1. The van der Waals surface area contributed by atoms with E-state index in [0.717, 1.165) is 54.1 Å². The zero-order chi connectivity index (χ0) is 19.7. The van der Waals surface area contributed by atoms with E-state index in [9.17, 15) is 4.79 Å². The Morgan fingerprint density at radius 1 is 1.28 bits per heavy atom. The number of rotatable bonds is 5.